The molecule has 0 unspecified atom stereocenters. The molecule has 10 heteroatoms. The second-order valence-corrected chi connectivity index (χ2v) is 10.5. The van der Waals surface area contributed by atoms with Crippen molar-refractivity contribution in [3.8, 4) is 5.75 Å². The number of amides is 1. The van der Waals surface area contributed by atoms with Crippen molar-refractivity contribution in [1.29, 1.82) is 0 Å². The Labute approximate surface area is 179 Å². The van der Waals surface area contributed by atoms with Gasteiger partial charge in [-0.1, -0.05) is 6.07 Å². The third-order valence-corrected chi connectivity index (χ3v) is 7.73. The normalized spacial score (nSPS) is 23.3. The fourth-order valence-electron chi connectivity index (χ4n) is 3.66. The summed E-state index contributed by atoms with van der Waals surface area (Å²) in [6.45, 7) is 3.80. The Bertz CT molecular complexity index is 1180. The van der Waals surface area contributed by atoms with E-state index in [2.05, 4.69) is 15.4 Å². The Morgan fingerprint density at radius 3 is 2.87 bits per heavy atom. The Morgan fingerprint density at radius 2 is 2.17 bits per heavy atom. The number of aliphatic imine (C=N–C) groups is 1. The summed E-state index contributed by atoms with van der Waals surface area (Å²) in [5.41, 5.74) is 3.20. The lowest BCUT2D eigenvalue weighted by Gasteiger charge is -2.11. The molecule has 0 aliphatic carbocycles. The monoisotopic (exact) mass is 446 g/mol. The molecular formula is C20H22N4O4S2. The first-order chi connectivity index (χ1) is 14.3. The van der Waals surface area contributed by atoms with E-state index in [0.717, 1.165) is 28.7 Å². The van der Waals surface area contributed by atoms with E-state index in [-0.39, 0.29) is 22.8 Å². The highest BCUT2D eigenvalue weighted by Crippen LogP contribution is 2.32. The molecule has 1 amide bonds. The Hall–Kier alpha value is -2.59. The van der Waals surface area contributed by atoms with E-state index >= 15 is 0 Å². The molecule has 2 fully saturated rings. The Balaban J connectivity index is 1.69. The van der Waals surface area contributed by atoms with Crippen molar-refractivity contribution in [1.82, 2.24) is 15.1 Å². The standard InChI is InChI=1S/C20H22N4O4S2/c1-12-17(13(2)24(23-12)15-7-8-30(26,27)11-15)10-18-19(22-20(25)29-18)21-14-5-4-6-16(9-14)28-3/h4-6,9-10,15H,7-8,11H2,1-3H3,(H,21,22,25)/b18-10-/t15-/m0/s1. The van der Waals surface area contributed by atoms with Gasteiger partial charge in [-0.15, -0.1) is 0 Å². The van der Waals surface area contributed by atoms with Crippen molar-refractivity contribution in [2.75, 3.05) is 18.6 Å². The van der Waals surface area contributed by atoms with Crippen LogP contribution in [-0.2, 0) is 9.84 Å². The minimum absolute atomic E-state index is 0.113. The van der Waals surface area contributed by atoms with Gasteiger partial charge in [0, 0.05) is 17.3 Å². The minimum Gasteiger partial charge on any atom is -0.497 e. The number of hydrogen-bond acceptors (Lipinski definition) is 7. The lowest BCUT2D eigenvalue weighted by molar-refractivity contribution is 0.265. The van der Waals surface area contributed by atoms with Crippen LogP contribution >= 0.6 is 11.8 Å². The fourth-order valence-corrected chi connectivity index (χ4v) is 6.07. The van der Waals surface area contributed by atoms with Gasteiger partial charge in [0.15, 0.2) is 9.84 Å². The number of methoxy groups -OCH3 is 1. The average molecular weight is 447 g/mol. The molecule has 30 heavy (non-hydrogen) atoms. The number of sulfone groups is 1. The highest BCUT2D eigenvalue weighted by atomic mass is 32.2. The molecule has 2 aliphatic heterocycles. The number of aryl methyl sites for hydroxylation is 1. The van der Waals surface area contributed by atoms with E-state index in [1.54, 1.807) is 17.9 Å². The molecule has 1 aromatic heterocycles. The van der Waals surface area contributed by atoms with E-state index in [4.69, 9.17) is 4.74 Å². The first kappa shape index (κ1) is 20.7. The Kier molecular flexibility index (Phi) is 5.46. The fraction of sp³-hybridized carbons (Fsp3) is 0.350. The van der Waals surface area contributed by atoms with Gasteiger partial charge >= 0.3 is 0 Å². The van der Waals surface area contributed by atoms with Crippen LogP contribution in [0.1, 0.15) is 29.4 Å². The summed E-state index contributed by atoms with van der Waals surface area (Å²) in [7, 11) is -1.42. The molecule has 1 N–H and O–H groups in total. The van der Waals surface area contributed by atoms with Crippen LogP contribution in [0.3, 0.4) is 0 Å². The summed E-state index contributed by atoms with van der Waals surface area (Å²) in [5.74, 6) is 1.45. The highest BCUT2D eigenvalue weighted by molar-refractivity contribution is 8.18. The number of nitrogens with one attached hydrogen (secondary N) is 1. The largest absolute Gasteiger partial charge is 0.497 e. The van der Waals surface area contributed by atoms with E-state index in [9.17, 15) is 13.2 Å². The number of thioether (sulfide) groups is 1. The van der Waals surface area contributed by atoms with Crippen LogP contribution in [0.2, 0.25) is 0 Å². The van der Waals surface area contributed by atoms with Crippen LogP contribution in [0.25, 0.3) is 6.08 Å². The van der Waals surface area contributed by atoms with Crippen molar-refractivity contribution >= 4 is 44.4 Å². The van der Waals surface area contributed by atoms with Gasteiger partial charge in [0.2, 0.25) is 0 Å². The molecular weight excluding hydrogens is 424 g/mol. The molecule has 0 radical (unpaired) electrons. The zero-order valence-electron chi connectivity index (χ0n) is 16.9. The molecule has 4 rings (SSSR count). The van der Waals surface area contributed by atoms with E-state index in [0.29, 0.717) is 28.6 Å². The van der Waals surface area contributed by atoms with Gasteiger partial charge in [-0.3, -0.25) is 9.48 Å². The number of benzene rings is 1. The van der Waals surface area contributed by atoms with Gasteiger partial charge in [-0.2, -0.15) is 5.10 Å². The van der Waals surface area contributed by atoms with Crippen molar-refractivity contribution < 1.29 is 17.9 Å². The highest BCUT2D eigenvalue weighted by Gasteiger charge is 2.32. The van der Waals surface area contributed by atoms with Crippen molar-refractivity contribution in [3.05, 3.63) is 46.1 Å². The molecule has 0 saturated carbocycles. The summed E-state index contributed by atoms with van der Waals surface area (Å²) in [6.07, 6.45) is 2.46. The zero-order valence-corrected chi connectivity index (χ0v) is 18.5. The maximum atomic E-state index is 12.0. The first-order valence-electron chi connectivity index (χ1n) is 9.45. The SMILES string of the molecule is COc1cccc(N=C2NC(=O)S/C2=C\c2c(C)nn([C@H]3CCS(=O)(=O)C3)c2C)c1. The summed E-state index contributed by atoms with van der Waals surface area (Å²) in [5, 5.41) is 7.17. The van der Waals surface area contributed by atoms with Gasteiger partial charge in [0.1, 0.15) is 11.6 Å². The summed E-state index contributed by atoms with van der Waals surface area (Å²) < 4.78 is 30.8. The second kappa shape index (κ2) is 7.92. The maximum absolute atomic E-state index is 12.0. The van der Waals surface area contributed by atoms with Crippen LogP contribution in [0.4, 0.5) is 10.5 Å². The summed E-state index contributed by atoms with van der Waals surface area (Å²) >= 11 is 1.07. The van der Waals surface area contributed by atoms with E-state index in [1.165, 1.54) is 0 Å². The van der Waals surface area contributed by atoms with Gasteiger partial charge in [0.25, 0.3) is 5.24 Å². The Morgan fingerprint density at radius 1 is 1.37 bits per heavy atom. The summed E-state index contributed by atoms with van der Waals surface area (Å²) in [6, 6.07) is 7.13. The quantitative estimate of drug-likeness (QED) is 0.772. The summed E-state index contributed by atoms with van der Waals surface area (Å²) in [4.78, 5) is 17.3. The number of aromatic nitrogens is 2. The molecule has 0 spiro atoms. The topological polar surface area (TPSA) is 103 Å². The third kappa shape index (κ3) is 4.15. The minimum atomic E-state index is -3.01. The number of rotatable bonds is 4. The third-order valence-electron chi connectivity index (χ3n) is 5.16. The first-order valence-corrected chi connectivity index (χ1v) is 12.1. The molecule has 2 aliphatic rings. The predicted octanol–water partition coefficient (Wildman–Crippen LogP) is 3.40. The lowest BCUT2D eigenvalue weighted by Crippen LogP contribution is -2.18. The van der Waals surface area contributed by atoms with E-state index < -0.39 is 9.84 Å². The molecule has 0 bridgehead atoms. The number of nitrogens with zero attached hydrogens (tertiary/aromatic N) is 3. The van der Waals surface area contributed by atoms with Crippen LogP contribution in [0.5, 0.6) is 5.75 Å². The number of hydrogen-bond donors (Lipinski definition) is 1. The number of amidine groups is 1. The smallest absolute Gasteiger partial charge is 0.289 e. The van der Waals surface area contributed by atoms with Crippen LogP contribution in [0.15, 0.2) is 34.2 Å². The van der Waals surface area contributed by atoms with Gasteiger partial charge in [-0.25, -0.2) is 13.4 Å². The van der Waals surface area contributed by atoms with Gasteiger partial charge in [-0.05, 0) is 50.2 Å². The van der Waals surface area contributed by atoms with Gasteiger partial charge in [0.05, 0.1) is 40.9 Å². The van der Waals surface area contributed by atoms with Crippen molar-refractivity contribution in [2.45, 2.75) is 26.3 Å². The van der Waals surface area contributed by atoms with Crippen LogP contribution in [0, 0.1) is 13.8 Å². The molecule has 158 valence electrons. The van der Waals surface area contributed by atoms with Crippen molar-refractivity contribution in [2.24, 2.45) is 4.99 Å². The molecule has 3 heterocycles. The molecule has 2 aromatic rings. The predicted molar refractivity (Wildman–Crippen MR) is 118 cm³/mol. The molecule has 2 saturated heterocycles. The van der Waals surface area contributed by atoms with Crippen molar-refractivity contribution in [3.63, 3.8) is 0 Å². The number of carbonyl (C=O) groups excluding carboxylic acids is 1. The molecule has 1 aromatic carbocycles. The maximum Gasteiger partial charge on any atom is 0.289 e. The average Bonchev–Trinajstić information content (AvgIpc) is 3.32. The van der Waals surface area contributed by atoms with Crippen LogP contribution in [-0.4, -0.2) is 47.9 Å². The molecule has 1 atom stereocenters. The number of carbonyl (C=O) groups is 1. The van der Waals surface area contributed by atoms with Crippen LogP contribution < -0.4 is 10.1 Å². The lowest BCUT2D eigenvalue weighted by atomic mass is 10.1. The van der Waals surface area contributed by atoms with Gasteiger partial charge < -0.3 is 10.1 Å². The second-order valence-electron chi connectivity index (χ2n) is 7.27. The zero-order chi connectivity index (χ0) is 21.5. The molecule has 8 nitrogen and oxygen atoms in total. The number of ether oxygens (including phenoxy) is 1. The van der Waals surface area contributed by atoms with E-state index in [1.807, 2.05) is 38.1 Å².